The van der Waals surface area contributed by atoms with E-state index < -0.39 is 0 Å². The van der Waals surface area contributed by atoms with E-state index in [-0.39, 0.29) is 0 Å². The van der Waals surface area contributed by atoms with Crippen molar-refractivity contribution in [1.29, 1.82) is 0 Å². The van der Waals surface area contributed by atoms with E-state index in [1.165, 1.54) is 11.1 Å². The Balaban J connectivity index is 0.000000561. The fraction of sp³-hybridized carbons (Fsp3) is 0.455. The summed E-state index contributed by atoms with van der Waals surface area (Å²) in [7, 11) is 1.92. The van der Waals surface area contributed by atoms with Gasteiger partial charge in [0.15, 0.2) is 0 Å². The molecule has 12 heavy (non-hydrogen) atoms. The van der Waals surface area contributed by atoms with Crippen molar-refractivity contribution in [3.8, 4) is 0 Å². The predicted molar refractivity (Wildman–Crippen MR) is 56.0 cm³/mol. The zero-order chi connectivity index (χ0) is 9.40. The molecule has 0 amide bonds. The monoisotopic (exact) mass is 165 g/mol. The van der Waals surface area contributed by atoms with Crippen LogP contribution in [0.2, 0.25) is 0 Å². The first-order valence-corrected chi connectivity index (χ1v) is 4.54. The first-order chi connectivity index (χ1) is 5.83. The third kappa shape index (κ3) is 4.02. The molecule has 1 heteroatoms. The van der Waals surface area contributed by atoms with E-state index in [1.807, 2.05) is 27.1 Å². The Morgan fingerprint density at radius 2 is 2.00 bits per heavy atom. The second-order valence-electron chi connectivity index (χ2n) is 2.49. The molecule has 0 fully saturated rings. The molecule has 68 valence electrons. The molecule has 0 aromatic carbocycles. The van der Waals surface area contributed by atoms with Crippen LogP contribution in [0.25, 0.3) is 0 Å². The van der Waals surface area contributed by atoms with Gasteiger partial charge in [0.2, 0.25) is 0 Å². The van der Waals surface area contributed by atoms with E-state index in [2.05, 4.69) is 30.5 Å². The third-order valence-corrected chi connectivity index (χ3v) is 1.55. The minimum Gasteiger partial charge on any atom is -0.394 e. The quantitative estimate of drug-likeness (QED) is 0.629. The van der Waals surface area contributed by atoms with Gasteiger partial charge in [0.05, 0.1) is 0 Å². The van der Waals surface area contributed by atoms with Crippen LogP contribution in [0.3, 0.4) is 0 Å². The van der Waals surface area contributed by atoms with Crippen LogP contribution in [0, 0.1) is 0 Å². The molecule has 0 aliphatic heterocycles. The normalized spacial score (nSPS) is 18.0. The van der Waals surface area contributed by atoms with Crippen molar-refractivity contribution in [3.63, 3.8) is 0 Å². The number of allylic oxidation sites excluding steroid dienone is 5. The van der Waals surface area contributed by atoms with Gasteiger partial charge in [-0.05, 0) is 25.1 Å². The minimum atomic E-state index is 1.06. The summed E-state index contributed by atoms with van der Waals surface area (Å²) in [5.41, 5.74) is 2.70. The van der Waals surface area contributed by atoms with Gasteiger partial charge in [0.25, 0.3) is 0 Å². The first-order valence-electron chi connectivity index (χ1n) is 4.54. The van der Waals surface area contributed by atoms with Crippen LogP contribution in [-0.4, -0.2) is 7.05 Å². The van der Waals surface area contributed by atoms with Crippen LogP contribution >= 0.6 is 0 Å². The van der Waals surface area contributed by atoms with Crippen molar-refractivity contribution in [3.05, 3.63) is 35.6 Å². The van der Waals surface area contributed by atoms with Gasteiger partial charge in [-0.25, -0.2) is 0 Å². The van der Waals surface area contributed by atoms with Crippen molar-refractivity contribution >= 4 is 0 Å². The second-order valence-corrected chi connectivity index (χ2v) is 2.49. The van der Waals surface area contributed by atoms with Crippen molar-refractivity contribution in [1.82, 2.24) is 5.32 Å². The lowest BCUT2D eigenvalue weighted by Gasteiger charge is -2.04. The van der Waals surface area contributed by atoms with Crippen molar-refractivity contribution in [2.75, 3.05) is 7.05 Å². The van der Waals surface area contributed by atoms with Crippen molar-refractivity contribution in [2.45, 2.75) is 27.2 Å². The second kappa shape index (κ2) is 6.71. The summed E-state index contributed by atoms with van der Waals surface area (Å²) in [5.74, 6) is 0. The standard InChI is InChI=1S/C9H13N.C2H6/c1-8-3-5-9(6-4-8)7-10-2;1-2/h3-5,7,10H,6H2,1-2H3;1-2H3/b9-7-;. The summed E-state index contributed by atoms with van der Waals surface area (Å²) in [6.07, 6.45) is 9.59. The largest absolute Gasteiger partial charge is 0.394 e. The summed E-state index contributed by atoms with van der Waals surface area (Å²) in [4.78, 5) is 0. The summed E-state index contributed by atoms with van der Waals surface area (Å²) in [5, 5.41) is 3.01. The molecule has 0 bridgehead atoms. The molecule has 0 radical (unpaired) electrons. The molecule has 1 nitrogen and oxygen atoms in total. The van der Waals surface area contributed by atoms with Gasteiger partial charge in [-0.3, -0.25) is 0 Å². The fourth-order valence-electron chi connectivity index (χ4n) is 0.946. The van der Waals surface area contributed by atoms with Gasteiger partial charge < -0.3 is 5.32 Å². The Kier molecular flexibility index (Phi) is 6.16. The van der Waals surface area contributed by atoms with Crippen LogP contribution < -0.4 is 5.32 Å². The molecule has 0 unspecified atom stereocenters. The molecule has 1 aliphatic rings. The molecule has 0 aromatic rings. The predicted octanol–water partition coefficient (Wildman–Crippen LogP) is 3.02. The van der Waals surface area contributed by atoms with Crippen LogP contribution in [-0.2, 0) is 0 Å². The summed E-state index contributed by atoms with van der Waals surface area (Å²) >= 11 is 0. The zero-order valence-electron chi connectivity index (χ0n) is 8.52. The molecule has 1 N–H and O–H groups in total. The molecule has 1 aliphatic carbocycles. The highest BCUT2D eigenvalue weighted by atomic mass is 14.8. The Bertz CT molecular complexity index is 197. The maximum atomic E-state index is 3.01. The molecular weight excluding hydrogens is 146 g/mol. The lowest BCUT2D eigenvalue weighted by Crippen LogP contribution is -1.96. The van der Waals surface area contributed by atoms with E-state index in [9.17, 15) is 0 Å². The van der Waals surface area contributed by atoms with Crippen LogP contribution in [0.15, 0.2) is 35.6 Å². The van der Waals surface area contributed by atoms with E-state index >= 15 is 0 Å². The lowest BCUT2D eigenvalue weighted by atomic mass is 10.0. The number of nitrogens with one attached hydrogen (secondary N) is 1. The third-order valence-electron chi connectivity index (χ3n) is 1.55. The molecule has 0 saturated carbocycles. The topological polar surface area (TPSA) is 12.0 Å². The Hall–Kier alpha value is -0.980. The van der Waals surface area contributed by atoms with Gasteiger partial charge in [-0.2, -0.15) is 0 Å². The number of hydrogen-bond acceptors (Lipinski definition) is 1. The lowest BCUT2D eigenvalue weighted by molar-refractivity contribution is 1.06. The van der Waals surface area contributed by atoms with Crippen LogP contribution in [0.4, 0.5) is 0 Å². The summed E-state index contributed by atoms with van der Waals surface area (Å²) in [6, 6.07) is 0. The first kappa shape index (κ1) is 11.0. The molecule has 0 aromatic heterocycles. The fourth-order valence-corrected chi connectivity index (χ4v) is 0.946. The molecule has 0 spiro atoms. The van der Waals surface area contributed by atoms with Crippen LogP contribution in [0.5, 0.6) is 0 Å². The summed E-state index contributed by atoms with van der Waals surface area (Å²) in [6.45, 7) is 6.12. The molecule has 0 atom stereocenters. The average Bonchev–Trinajstić information content (AvgIpc) is 2.13. The SMILES string of the molecule is CC.CN/C=C1/C=CC(C)=CC1. The Labute approximate surface area is 75.9 Å². The molecular formula is C11H19N. The van der Waals surface area contributed by atoms with Gasteiger partial charge in [0, 0.05) is 7.05 Å². The number of rotatable bonds is 1. The maximum absolute atomic E-state index is 3.01. The van der Waals surface area contributed by atoms with E-state index in [4.69, 9.17) is 0 Å². The molecule has 0 heterocycles. The van der Waals surface area contributed by atoms with Gasteiger partial charge in [-0.1, -0.05) is 37.6 Å². The van der Waals surface area contributed by atoms with Gasteiger partial charge >= 0.3 is 0 Å². The zero-order valence-corrected chi connectivity index (χ0v) is 8.52. The van der Waals surface area contributed by atoms with E-state index in [0.29, 0.717) is 0 Å². The highest BCUT2D eigenvalue weighted by Gasteiger charge is 1.94. The molecule has 1 rings (SSSR count). The van der Waals surface area contributed by atoms with Gasteiger partial charge in [-0.15, -0.1) is 0 Å². The smallest absolute Gasteiger partial charge is 0.00278 e. The Morgan fingerprint density at radius 3 is 2.42 bits per heavy atom. The molecule has 0 saturated heterocycles. The van der Waals surface area contributed by atoms with Crippen molar-refractivity contribution < 1.29 is 0 Å². The minimum absolute atomic E-state index is 1.06. The van der Waals surface area contributed by atoms with E-state index in [0.717, 1.165) is 6.42 Å². The van der Waals surface area contributed by atoms with Gasteiger partial charge in [0.1, 0.15) is 0 Å². The maximum Gasteiger partial charge on any atom is 0.00278 e. The van der Waals surface area contributed by atoms with E-state index in [1.54, 1.807) is 0 Å². The highest BCUT2D eigenvalue weighted by Crippen LogP contribution is 2.13. The van der Waals surface area contributed by atoms with Crippen LogP contribution in [0.1, 0.15) is 27.2 Å². The van der Waals surface area contributed by atoms with Crippen molar-refractivity contribution in [2.24, 2.45) is 0 Å². The highest BCUT2D eigenvalue weighted by molar-refractivity contribution is 5.33. The summed E-state index contributed by atoms with van der Waals surface area (Å²) < 4.78 is 0. The average molecular weight is 165 g/mol. The Morgan fingerprint density at radius 1 is 1.33 bits per heavy atom. The number of hydrogen-bond donors (Lipinski definition) is 1.